The Labute approximate surface area is 87.8 Å². The van der Waals surface area contributed by atoms with Gasteiger partial charge in [0.05, 0.1) is 0 Å². The molecule has 2 aromatic rings. The summed E-state index contributed by atoms with van der Waals surface area (Å²) in [5.41, 5.74) is 2.77. The molecule has 1 aromatic heterocycles. The minimum Gasteiger partial charge on any atom is -0.245 e. The fraction of sp³-hybridized carbons (Fsp3) is 0.167. The van der Waals surface area contributed by atoms with Crippen LogP contribution in [0.2, 0.25) is 0 Å². The van der Waals surface area contributed by atoms with E-state index >= 15 is 0 Å². The van der Waals surface area contributed by atoms with Crippen molar-refractivity contribution in [3.05, 3.63) is 59.4 Å². The Hall–Kier alpha value is -1.77. The van der Waals surface area contributed by atoms with E-state index in [0.29, 0.717) is 5.56 Å². The smallest absolute Gasteiger partial charge is 0.126 e. The Kier molecular flexibility index (Phi) is 2.72. The average molecular weight is 202 g/mol. The van der Waals surface area contributed by atoms with Gasteiger partial charge in [0.15, 0.2) is 0 Å². The van der Waals surface area contributed by atoms with E-state index in [4.69, 9.17) is 0 Å². The minimum absolute atomic E-state index is 0.164. The molecule has 0 fully saturated rings. The van der Waals surface area contributed by atoms with Crippen molar-refractivity contribution in [2.75, 3.05) is 0 Å². The van der Waals surface area contributed by atoms with E-state index in [-0.39, 0.29) is 5.82 Å². The van der Waals surface area contributed by atoms with Crippen molar-refractivity contribution in [1.29, 1.82) is 0 Å². The van der Waals surface area contributed by atoms with Crippen molar-refractivity contribution in [2.45, 2.75) is 13.3 Å². The fourth-order valence-corrected chi connectivity index (χ4v) is 1.47. The molecule has 0 spiro atoms. The summed E-state index contributed by atoms with van der Waals surface area (Å²) in [5.74, 6) is -0.164. The number of benzene rings is 1. The second kappa shape index (κ2) is 4.17. The molecule has 0 aliphatic heterocycles. The third-order valence-electron chi connectivity index (χ3n) is 2.24. The molecule has 0 saturated heterocycles. The van der Waals surface area contributed by atoms with Crippen molar-refractivity contribution in [3.63, 3.8) is 0 Å². The van der Waals surface area contributed by atoms with Crippen molar-refractivity contribution < 1.29 is 4.39 Å². The largest absolute Gasteiger partial charge is 0.245 e. The summed E-state index contributed by atoms with van der Waals surface area (Å²) in [4.78, 5) is 7.87. The highest BCUT2D eigenvalue weighted by Crippen LogP contribution is 2.12. The maximum atomic E-state index is 13.0. The lowest BCUT2D eigenvalue weighted by Gasteiger charge is -2.02. The van der Waals surface area contributed by atoms with Crippen LogP contribution in [0.15, 0.2) is 36.9 Å². The summed E-state index contributed by atoms with van der Waals surface area (Å²) in [6.45, 7) is 1.76. The summed E-state index contributed by atoms with van der Waals surface area (Å²) >= 11 is 0. The number of hydrogen-bond donors (Lipinski definition) is 0. The molecule has 0 bridgehead atoms. The van der Waals surface area contributed by atoms with Gasteiger partial charge in [-0.05, 0) is 29.7 Å². The van der Waals surface area contributed by atoms with Crippen LogP contribution in [0.5, 0.6) is 0 Å². The summed E-state index contributed by atoms with van der Waals surface area (Å²) in [5, 5.41) is 0. The van der Waals surface area contributed by atoms with Crippen molar-refractivity contribution in [1.82, 2.24) is 9.97 Å². The summed E-state index contributed by atoms with van der Waals surface area (Å²) in [6.07, 6.45) is 5.78. The molecule has 0 amide bonds. The van der Waals surface area contributed by atoms with Gasteiger partial charge in [-0.3, -0.25) is 0 Å². The van der Waals surface area contributed by atoms with Gasteiger partial charge in [-0.25, -0.2) is 14.4 Å². The van der Waals surface area contributed by atoms with E-state index < -0.39 is 0 Å². The highest BCUT2D eigenvalue weighted by molar-refractivity contribution is 5.27. The highest BCUT2D eigenvalue weighted by atomic mass is 19.1. The van der Waals surface area contributed by atoms with Crippen LogP contribution in [0.4, 0.5) is 4.39 Å². The molecule has 0 aliphatic carbocycles. The molecule has 0 atom stereocenters. The number of rotatable bonds is 2. The lowest BCUT2D eigenvalue weighted by Crippen LogP contribution is -1.92. The number of nitrogens with zero attached hydrogens (tertiary/aromatic N) is 2. The molecule has 1 aromatic carbocycles. The molecule has 15 heavy (non-hydrogen) atoms. The normalized spacial score (nSPS) is 10.3. The Morgan fingerprint density at radius 2 is 1.87 bits per heavy atom. The minimum atomic E-state index is -0.164. The van der Waals surface area contributed by atoms with Crippen LogP contribution in [-0.4, -0.2) is 9.97 Å². The second-order valence-corrected chi connectivity index (χ2v) is 3.51. The van der Waals surface area contributed by atoms with Crippen LogP contribution in [0.3, 0.4) is 0 Å². The maximum Gasteiger partial charge on any atom is 0.126 e. The third-order valence-corrected chi connectivity index (χ3v) is 2.24. The topological polar surface area (TPSA) is 25.8 Å². The van der Waals surface area contributed by atoms with E-state index in [2.05, 4.69) is 9.97 Å². The Balaban J connectivity index is 2.22. The molecule has 1 heterocycles. The van der Waals surface area contributed by atoms with Gasteiger partial charge in [-0.15, -0.1) is 0 Å². The van der Waals surface area contributed by atoms with E-state index in [1.54, 1.807) is 25.4 Å². The van der Waals surface area contributed by atoms with Crippen molar-refractivity contribution in [2.24, 2.45) is 0 Å². The molecule has 2 rings (SSSR count). The van der Waals surface area contributed by atoms with E-state index in [1.165, 1.54) is 12.4 Å². The summed E-state index contributed by atoms with van der Waals surface area (Å²) in [6, 6.07) is 5.13. The van der Waals surface area contributed by atoms with E-state index in [1.807, 2.05) is 6.07 Å². The zero-order valence-electron chi connectivity index (χ0n) is 8.44. The average Bonchev–Trinajstić information content (AvgIpc) is 2.25. The van der Waals surface area contributed by atoms with E-state index in [0.717, 1.165) is 17.5 Å². The second-order valence-electron chi connectivity index (χ2n) is 3.51. The first-order valence-electron chi connectivity index (χ1n) is 4.74. The van der Waals surface area contributed by atoms with Crippen LogP contribution >= 0.6 is 0 Å². The molecule has 0 aliphatic rings. The molecule has 76 valence electrons. The summed E-state index contributed by atoms with van der Waals surface area (Å²) < 4.78 is 13.0. The van der Waals surface area contributed by atoms with E-state index in [9.17, 15) is 4.39 Å². The van der Waals surface area contributed by atoms with Crippen molar-refractivity contribution >= 4 is 0 Å². The predicted molar refractivity (Wildman–Crippen MR) is 56.0 cm³/mol. The maximum absolute atomic E-state index is 13.0. The summed E-state index contributed by atoms with van der Waals surface area (Å²) in [7, 11) is 0. The third kappa shape index (κ3) is 2.37. The Morgan fingerprint density at radius 3 is 2.53 bits per heavy atom. The SMILES string of the molecule is Cc1cc(Cc2cncnc2)ccc1F. The van der Waals surface area contributed by atoms with Crippen LogP contribution in [-0.2, 0) is 6.42 Å². The number of halogens is 1. The zero-order valence-corrected chi connectivity index (χ0v) is 8.44. The molecule has 2 nitrogen and oxygen atoms in total. The highest BCUT2D eigenvalue weighted by Gasteiger charge is 2.00. The standard InChI is InChI=1S/C12H11FN2/c1-9-4-10(2-3-12(9)13)5-11-6-14-8-15-7-11/h2-4,6-8H,5H2,1H3. The first-order valence-corrected chi connectivity index (χ1v) is 4.74. The number of aryl methyl sites for hydroxylation is 1. The van der Waals surface area contributed by atoms with Gasteiger partial charge in [0.2, 0.25) is 0 Å². The lowest BCUT2D eigenvalue weighted by atomic mass is 10.1. The zero-order chi connectivity index (χ0) is 10.7. The van der Waals surface area contributed by atoms with Crippen LogP contribution < -0.4 is 0 Å². The fourth-order valence-electron chi connectivity index (χ4n) is 1.47. The first-order chi connectivity index (χ1) is 7.25. The van der Waals surface area contributed by atoms with Gasteiger partial charge in [0.1, 0.15) is 12.1 Å². The first kappa shape index (κ1) is 9.77. The van der Waals surface area contributed by atoms with Crippen LogP contribution in [0, 0.1) is 12.7 Å². The van der Waals surface area contributed by atoms with Gasteiger partial charge in [-0.1, -0.05) is 12.1 Å². The van der Waals surface area contributed by atoms with Gasteiger partial charge in [0, 0.05) is 18.8 Å². The molecular weight excluding hydrogens is 191 g/mol. The molecule has 0 N–H and O–H groups in total. The van der Waals surface area contributed by atoms with Gasteiger partial charge in [0.25, 0.3) is 0 Å². The molecular formula is C12H11FN2. The number of aromatic nitrogens is 2. The van der Waals surface area contributed by atoms with Crippen LogP contribution in [0.1, 0.15) is 16.7 Å². The van der Waals surface area contributed by atoms with Gasteiger partial charge in [-0.2, -0.15) is 0 Å². The van der Waals surface area contributed by atoms with Crippen LogP contribution in [0.25, 0.3) is 0 Å². The van der Waals surface area contributed by atoms with Crippen molar-refractivity contribution in [3.8, 4) is 0 Å². The quantitative estimate of drug-likeness (QED) is 0.747. The van der Waals surface area contributed by atoms with Gasteiger partial charge < -0.3 is 0 Å². The van der Waals surface area contributed by atoms with Gasteiger partial charge >= 0.3 is 0 Å². The molecule has 0 radical (unpaired) electrons. The Bertz CT molecular complexity index is 454. The molecule has 0 unspecified atom stereocenters. The molecule has 3 heteroatoms. The lowest BCUT2D eigenvalue weighted by molar-refractivity contribution is 0.618. The molecule has 0 saturated carbocycles. The monoisotopic (exact) mass is 202 g/mol. The number of hydrogen-bond acceptors (Lipinski definition) is 2. The predicted octanol–water partition coefficient (Wildman–Crippen LogP) is 2.51. The Morgan fingerprint density at radius 1 is 1.13 bits per heavy atom.